The van der Waals surface area contributed by atoms with Gasteiger partial charge in [-0.05, 0) is 56.1 Å². The lowest BCUT2D eigenvalue weighted by molar-refractivity contribution is 0.230. The zero-order valence-electron chi connectivity index (χ0n) is 11.1. The third kappa shape index (κ3) is 2.09. The Hall–Kier alpha value is -0.830. The SMILES string of the molecule is Cc1c(Cl)nnc(N2CC3CCCC(C3)C2)c1C. The molecule has 1 aromatic rings. The molecule has 1 saturated heterocycles. The van der Waals surface area contributed by atoms with Gasteiger partial charge in [0.15, 0.2) is 11.0 Å². The van der Waals surface area contributed by atoms with Gasteiger partial charge < -0.3 is 4.90 Å². The quantitative estimate of drug-likeness (QED) is 0.780. The molecule has 4 heteroatoms. The predicted octanol–water partition coefficient (Wildman–Crippen LogP) is 3.37. The maximum atomic E-state index is 6.03. The molecular weight excluding hydrogens is 246 g/mol. The van der Waals surface area contributed by atoms with Gasteiger partial charge in [-0.3, -0.25) is 0 Å². The van der Waals surface area contributed by atoms with Crippen molar-refractivity contribution in [1.82, 2.24) is 10.2 Å². The highest BCUT2D eigenvalue weighted by Gasteiger charge is 2.31. The van der Waals surface area contributed by atoms with E-state index in [2.05, 4.69) is 22.0 Å². The van der Waals surface area contributed by atoms with Crippen LogP contribution in [0.2, 0.25) is 5.15 Å². The molecule has 2 aliphatic rings. The number of anilines is 1. The monoisotopic (exact) mass is 265 g/mol. The molecule has 1 aliphatic carbocycles. The van der Waals surface area contributed by atoms with E-state index in [0.717, 1.165) is 36.3 Å². The van der Waals surface area contributed by atoms with E-state index in [4.69, 9.17) is 11.6 Å². The summed E-state index contributed by atoms with van der Waals surface area (Å²) in [5.41, 5.74) is 2.26. The number of aromatic nitrogens is 2. The molecule has 2 heterocycles. The molecule has 2 bridgehead atoms. The number of rotatable bonds is 1. The lowest BCUT2D eigenvalue weighted by atomic mass is 9.78. The molecule has 0 aromatic carbocycles. The van der Waals surface area contributed by atoms with Crippen molar-refractivity contribution in [2.45, 2.75) is 39.5 Å². The summed E-state index contributed by atoms with van der Waals surface area (Å²) in [6.07, 6.45) is 5.58. The van der Waals surface area contributed by atoms with Crippen molar-refractivity contribution in [2.24, 2.45) is 11.8 Å². The highest BCUT2D eigenvalue weighted by Crippen LogP contribution is 2.37. The summed E-state index contributed by atoms with van der Waals surface area (Å²) >= 11 is 6.03. The van der Waals surface area contributed by atoms with E-state index in [9.17, 15) is 0 Å². The molecule has 3 rings (SSSR count). The first-order chi connectivity index (χ1) is 8.65. The molecule has 18 heavy (non-hydrogen) atoms. The van der Waals surface area contributed by atoms with Gasteiger partial charge in [0.2, 0.25) is 0 Å². The van der Waals surface area contributed by atoms with Crippen LogP contribution in [-0.2, 0) is 0 Å². The third-order valence-electron chi connectivity index (χ3n) is 4.59. The van der Waals surface area contributed by atoms with Gasteiger partial charge in [0.05, 0.1) is 0 Å². The molecule has 2 unspecified atom stereocenters. The smallest absolute Gasteiger partial charge is 0.155 e. The van der Waals surface area contributed by atoms with E-state index in [1.807, 2.05) is 6.92 Å². The summed E-state index contributed by atoms with van der Waals surface area (Å²) in [5, 5.41) is 8.95. The van der Waals surface area contributed by atoms with Gasteiger partial charge in [0.25, 0.3) is 0 Å². The number of hydrogen-bond donors (Lipinski definition) is 0. The standard InChI is InChI=1S/C14H20ClN3/c1-9-10(2)14(17-16-13(9)15)18-7-11-4-3-5-12(6-11)8-18/h11-12H,3-8H2,1-2H3. The van der Waals surface area contributed by atoms with Crippen molar-refractivity contribution >= 4 is 17.4 Å². The van der Waals surface area contributed by atoms with E-state index in [1.54, 1.807) is 0 Å². The molecule has 1 aromatic heterocycles. The number of hydrogen-bond acceptors (Lipinski definition) is 3. The first kappa shape index (κ1) is 12.2. The number of nitrogens with zero attached hydrogens (tertiary/aromatic N) is 3. The Morgan fingerprint density at radius 3 is 2.39 bits per heavy atom. The summed E-state index contributed by atoms with van der Waals surface area (Å²) in [5.74, 6) is 2.76. The van der Waals surface area contributed by atoms with Gasteiger partial charge in [-0.1, -0.05) is 18.0 Å². The zero-order valence-corrected chi connectivity index (χ0v) is 11.9. The number of piperidine rings is 1. The molecule has 0 spiro atoms. The molecule has 0 N–H and O–H groups in total. The molecular formula is C14H20ClN3. The fraction of sp³-hybridized carbons (Fsp3) is 0.714. The van der Waals surface area contributed by atoms with Crippen molar-refractivity contribution in [3.8, 4) is 0 Å². The highest BCUT2D eigenvalue weighted by atomic mass is 35.5. The van der Waals surface area contributed by atoms with Crippen LogP contribution in [0.3, 0.4) is 0 Å². The number of fused-ring (bicyclic) bond motifs is 2. The van der Waals surface area contributed by atoms with Crippen LogP contribution in [0.15, 0.2) is 0 Å². The number of halogens is 1. The Bertz CT molecular complexity index is 449. The van der Waals surface area contributed by atoms with E-state index in [0.29, 0.717) is 5.15 Å². The van der Waals surface area contributed by atoms with E-state index < -0.39 is 0 Å². The summed E-state index contributed by atoms with van der Waals surface area (Å²) < 4.78 is 0. The fourth-order valence-electron chi connectivity index (χ4n) is 3.47. The molecule has 0 amide bonds. The fourth-order valence-corrected chi connectivity index (χ4v) is 3.65. The summed E-state index contributed by atoms with van der Waals surface area (Å²) in [6.45, 7) is 6.43. The largest absolute Gasteiger partial charge is 0.354 e. The lowest BCUT2D eigenvalue weighted by Gasteiger charge is -2.42. The maximum absolute atomic E-state index is 6.03. The molecule has 2 fully saturated rings. The van der Waals surface area contributed by atoms with E-state index in [1.165, 1.54) is 31.2 Å². The van der Waals surface area contributed by atoms with Crippen LogP contribution in [0, 0.1) is 25.7 Å². The van der Waals surface area contributed by atoms with Crippen molar-refractivity contribution < 1.29 is 0 Å². The summed E-state index contributed by atoms with van der Waals surface area (Å²) in [7, 11) is 0. The van der Waals surface area contributed by atoms with Crippen molar-refractivity contribution in [3.05, 3.63) is 16.3 Å². The lowest BCUT2D eigenvalue weighted by Crippen LogP contribution is -2.43. The van der Waals surface area contributed by atoms with Crippen LogP contribution < -0.4 is 4.90 Å². The van der Waals surface area contributed by atoms with Crippen molar-refractivity contribution in [2.75, 3.05) is 18.0 Å². The van der Waals surface area contributed by atoms with Gasteiger partial charge in [0, 0.05) is 13.1 Å². The summed E-state index contributed by atoms with van der Waals surface area (Å²) in [4.78, 5) is 2.43. The molecule has 98 valence electrons. The first-order valence-electron chi connectivity index (χ1n) is 6.89. The predicted molar refractivity (Wildman–Crippen MR) is 74.2 cm³/mol. The molecule has 1 aliphatic heterocycles. The van der Waals surface area contributed by atoms with Gasteiger partial charge in [-0.2, -0.15) is 0 Å². The first-order valence-corrected chi connectivity index (χ1v) is 7.27. The normalized spacial score (nSPS) is 27.4. The summed E-state index contributed by atoms with van der Waals surface area (Å²) in [6, 6.07) is 0. The van der Waals surface area contributed by atoms with Crippen LogP contribution in [0.1, 0.15) is 36.8 Å². The molecule has 2 atom stereocenters. The van der Waals surface area contributed by atoms with Crippen molar-refractivity contribution in [3.63, 3.8) is 0 Å². The topological polar surface area (TPSA) is 29.0 Å². The van der Waals surface area contributed by atoms with E-state index in [-0.39, 0.29) is 0 Å². The van der Waals surface area contributed by atoms with Crippen LogP contribution in [-0.4, -0.2) is 23.3 Å². The Morgan fingerprint density at radius 2 is 1.72 bits per heavy atom. The Kier molecular flexibility index (Phi) is 3.18. The minimum Gasteiger partial charge on any atom is -0.354 e. The van der Waals surface area contributed by atoms with E-state index >= 15 is 0 Å². The van der Waals surface area contributed by atoms with Gasteiger partial charge in [-0.25, -0.2) is 0 Å². The second-order valence-electron chi connectivity index (χ2n) is 5.87. The van der Waals surface area contributed by atoms with Crippen LogP contribution >= 0.6 is 11.6 Å². The average molecular weight is 266 g/mol. The second kappa shape index (κ2) is 4.69. The molecule has 1 saturated carbocycles. The molecule has 0 radical (unpaired) electrons. The van der Waals surface area contributed by atoms with Crippen LogP contribution in [0.25, 0.3) is 0 Å². The van der Waals surface area contributed by atoms with Gasteiger partial charge in [-0.15, -0.1) is 10.2 Å². The van der Waals surface area contributed by atoms with Crippen LogP contribution in [0.5, 0.6) is 0 Å². The third-order valence-corrected chi connectivity index (χ3v) is 4.95. The minimum atomic E-state index is 0.536. The Balaban J connectivity index is 1.89. The van der Waals surface area contributed by atoms with Crippen molar-refractivity contribution in [1.29, 1.82) is 0 Å². The maximum Gasteiger partial charge on any atom is 0.155 e. The van der Waals surface area contributed by atoms with Crippen LogP contribution in [0.4, 0.5) is 5.82 Å². The second-order valence-corrected chi connectivity index (χ2v) is 6.23. The minimum absolute atomic E-state index is 0.536. The highest BCUT2D eigenvalue weighted by molar-refractivity contribution is 6.30. The Labute approximate surface area is 114 Å². The zero-order chi connectivity index (χ0) is 12.7. The van der Waals surface area contributed by atoms with Gasteiger partial charge in [0.1, 0.15) is 0 Å². The average Bonchev–Trinajstić information content (AvgIpc) is 2.35. The van der Waals surface area contributed by atoms with Gasteiger partial charge >= 0.3 is 0 Å². The molecule has 3 nitrogen and oxygen atoms in total. The Morgan fingerprint density at radius 1 is 1.06 bits per heavy atom.